The second kappa shape index (κ2) is 8.71. The molecule has 0 spiro atoms. The van der Waals surface area contributed by atoms with Gasteiger partial charge < -0.3 is 15.2 Å². The quantitative estimate of drug-likeness (QED) is 0.741. The summed E-state index contributed by atoms with van der Waals surface area (Å²) in [6.07, 6.45) is -0.618. The van der Waals surface area contributed by atoms with E-state index < -0.39 is 6.10 Å². The van der Waals surface area contributed by atoms with Crippen LogP contribution in [-0.4, -0.2) is 55.9 Å². The van der Waals surface area contributed by atoms with Gasteiger partial charge in [0.05, 0.1) is 19.3 Å². The van der Waals surface area contributed by atoms with E-state index in [1.165, 1.54) is 13.2 Å². The van der Waals surface area contributed by atoms with E-state index in [9.17, 15) is 14.3 Å². The molecule has 1 aromatic carbocycles. The smallest absolute Gasteiger partial charge is 0.234 e. The van der Waals surface area contributed by atoms with Crippen LogP contribution in [0, 0.1) is 12.7 Å². The average Bonchev–Trinajstić information content (AvgIpc) is 2.40. The minimum Gasteiger partial charge on any atom is -0.389 e. The van der Waals surface area contributed by atoms with Crippen LogP contribution in [0.3, 0.4) is 0 Å². The van der Waals surface area contributed by atoms with E-state index in [-0.39, 0.29) is 24.9 Å². The number of nitrogens with one attached hydrogen (secondary N) is 1. The average molecular weight is 298 g/mol. The number of halogens is 1. The second-order valence-corrected chi connectivity index (χ2v) is 5.17. The highest BCUT2D eigenvalue weighted by molar-refractivity contribution is 5.77. The zero-order chi connectivity index (χ0) is 15.8. The van der Waals surface area contributed by atoms with Crippen LogP contribution in [0.25, 0.3) is 0 Å². The highest BCUT2D eigenvalue weighted by Gasteiger charge is 2.11. The molecule has 0 aliphatic rings. The van der Waals surface area contributed by atoms with Gasteiger partial charge in [-0.3, -0.25) is 9.69 Å². The lowest BCUT2D eigenvalue weighted by molar-refractivity contribution is -0.122. The summed E-state index contributed by atoms with van der Waals surface area (Å²) in [6.45, 7) is 2.82. The first-order valence-electron chi connectivity index (χ1n) is 6.79. The van der Waals surface area contributed by atoms with Crippen molar-refractivity contribution in [3.8, 4) is 0 Å². The van der Waals surface area contributed by atoms with E-state index in [1.54, 1.807) is 31.0 Å². The fourth-order valence-electron chi connectivity index (χ4n) is 1.99. The summed E-state index contributed by atoms with van der Waals surface area (Å²) in [5.74, 6) is -0.402. The lowest BCUT2D eigenvalue weighted by atomic mass is 10.1. The standard InChI is InChI=1S/C15H23FN2O3/c1-11-6-12(4-5-14(11)16)7-17-15(20)9-18(2)8-13(19)10-21-3/h4-6,13,19H,7-10H2,1-3H3,(H,17,20). The van der Waals surface area contributed by atoms with E-state index in [0.29, 0.717) is 18.7 Å². The van der Waals surface area contributed by atoms with Crippen molar-refractivity contribution in [2.45, 2.75) is 19.6 Å². The van der Waals surface area contributed by atoms with Gasteiger partial charge in [-0.1, -0.05) is 12.1 Å². The Labute approximate surface area is 124 Å². The van der Waals surface area contributed by atoms with Gasteiger partial charge in [0.25, 0.3) is 0 Å². The minimum atomic E-state index is -0.618. The fourth-order valence-corrected chi connectivity index (χ4v) is 1.99. The zero-order valence-corrected chi connectivity index (χ0v) is 12.7. The maximum Gasteiger partial charge on any atom is 0.234 e. The van der Waals surface area contributed by atoms with Gasteiger partial charge in [-0.05, 0) is 31.2 Å². The normalized spacial score (nSPS) is 12.5. The lowest BCUT2D eigenvalue weighted by Gasteiger charge is -2.19. The summed E-state index contributed by atoms with van der Waals surface area (Å²) < 4.78 is 18.0. The monoisotopic (exact) mass is 298 g/mol. The highest BCUT2D eigenvalue weighted by Crippen LogP contribution is 2.08. The predicted octanol–water partition coefficient (Wildman–Crippen LogP) is 0.689. The van der Waals surface area contributed by atoms with Crippen molar-refractivity contribution >= 4 is 5.91 Å². The third-order valence-corrected chi connectivity index (χ3v) is 3.01. The Hall–Kier alpha value is -1.50. The fraction of sp³-hybridized carbons (Fsp3) is 0.533. The molecule has 0 saturated heterocycles. The number of carbonyl (C=O) groups is 1. The van der Waals surface area contributed by atoms with Crippen molar-refractivity contribution in [1.82, 2.24) is 10.2 Å². The molecule has 1 atom stereocenters. The molecule has 1 aromatic rings. The maximum absolute atomic E-state index is 13.1. The summed E-state index contributed by atoms with van der Waals surface area (Å²) in [5.41, 5.74) is 1.41. The van der Waals surface area contributed by atoms with Crippen LogP contribution in [0.2, 0.25) is 0 Å². The summed E-state index contributed by atoms with van der Waals surface area (Å²) in [6, 6.07) is 4.75. The van der Waals surface area contributed by atoms with Gasteiger partial charge in [0.15, 0.2) is 0 Å². The number of benzene rings is 1. The number of hydrogen-bond donors (Lipinski definition) is 2. The number of aryl methyl sites for hydroxylation is 1. The van der Waals surface area contributed by atoms with Crippen molar-refractivity contribution in [3.63, 3.8) is 0 Å². The molecular weight excluding hydrogens is 275 g/mol. The molecule has 1 rings (SSSR count). The molecule has 0 heterocycles. The van der Waals surface area contributed by atoms with Crippen molar-refractivity contribution < 1.29 is 19.0 Å². The van der Waals surface area contributed by atoms with E-state index in [0.717, 1.165) is 5.56 Å². The Morgan fingerprint density at radius 2 is 2.24 bits per heavy atom. The SMILES string of the molecule is COCC(O)CN(C)CC(=O)NCc1ccc(F)c(C)c1. The van der Waals surface area contributed by atoms with Gasteiger partial charge in [-0.25, -0.2) is 4.39 Å². The van der Waals surface area contributed by atoms with Crippen LogP contribution in [0.5, 0.6) is 0 Å². The van der Waals surface area contributed by atoms with E-state index in [1.807, 2.05) is 0 Å². The van der Waals surface area contributed by atoms with Crippen LogP contribution in [0.1, 0.15) is 11.1 Å². The van der Waals surface area contributed by atoms with Crippen LogP contribution in [0.4, 0.5) is 4.39 Å². The Bertz CT molecular complexity index is 468. The minimum absolute atomic E-state index is 0.149. The number of hydrogen-bond acceptors (Lipinski definition) is 4. The molecule has 0 bridgehead atoms. The topological polar surface area (TPSA) is 61.8 Å². The molecule has 0 aliphatic heterocycles. The number of methoxy groups -OCH3 is 1. The molecule has 5 nitrogen and oxygen atoms in total. The number of likely N-dealkylation sites (N-methyl/N-ethyl adjacent to an activating group) is 1. The zero-order valence-electron chi connectivity index (χ0n) is 12.7. The van der Waals surface area contributed by atoms with Gasteiger partial charge in [0, 0.05) is 20.2 Å². The van der Waals surface area contributed by atoms with Crippen LogP contribution < -0.4 is 5.32 Å². The highest BCUT2D eigenvalue weighted by atomic mass is 19.1. The van der Waals surface area contributed by atoms with Crippen LogP contribution >= 0.6 is 0 Å². The second-order valence-electron chi connectivity index (χ2n) is 5.17. The number of amides is 1. The maximum atomic E-state index is 13.1. The van der Waals surface area contributed by atoms with Crippen molar-refractivity contribution in [2.24, 2.45) is 0 Å². The lowest BCUT2D eigenvalue weighted by Crippen LogP contribution is -2.39. The first kappa shape index (κ1) is 17.6. The Kier molecular flexibility index (Phi) is 7.28. The molecular formula is C15H23FN2O3. The summed E-state index contributed by atoms with van der Waals surface area (Å²) in [5, 5.41) is 12.3. The van der Waals surface area contributed by atoms with Gasteiger partial charge in [0.2, 0.25) is 5.91 Å². The Balaban J connectivity index is 2.34. The third-order valence-electron chi connectivity index (χ3n) is 3.01. The Morgan fingerprint density at radius 3 is 2.86 bits per heavy atom. The third kappa shape index (κ3) is 6.66. The van der Waals surface area contributed by atoms with E-state index >= 15 is 0 Å². The predicted molar refractivity (Wildman–Crippen MR) is 78.4 cm³/mol. The van der Waals surface area contributed by atoms with E-state index in [2.05, 4.69) is 5.32 Å². The Morgan fingerprint density at radius 1 is 1.52 bits per heavy atom. The summed E-state index contributed by atoms with van der Waals surface area (Å²) in [7, 11) is 3.26. The molecule has 0 fully saturated rings. The molecule has 21 heavy (non-hydrogen) atoms. The summed E-state index contributed by atoms with van der Waals surface area (Å²) in [4.78, 5) is 13.5. The molecule has 0 radical (unpaired) electrons. The van der Waals surface area contributed by atoms with Crippen LogP contribution in [0.15, 0.2) is 18.2 Å². The van der Waals surface area contributed by atoms with Gasteiger partial charge in [-0.15, -0.1) is 0 Å². The molecule has 1 unspecified atom stereocenters. The number of aliphatic hydroxyl groups excluding tert-OH is 1. The molecule has 0 saturated carbocycles. The molecule has 0 aromatic heterocycles. The molecule has 1 amide bonds. The summed E-state index contributed by atoms with van der Waals surface area (Å²) >= 11 is 0. The molecule has 2 N–H and O–H groups in total. The number of rotatable bonds is 8. The first-order chi connectivity index (χ1) is 9.92. The van der Waals surface area contributed by atoms with Crippen molar-refractivity contribution in [3.05, 3.63) is 35.1 Å². The van der Waals surface area contributed by atoms with Gasteiger partial charge in [0.1, 0.15) is 5.82 Å². The van der Waals surface area contributed by atoms with Crippen LogP contribution in [-0.2, 0) is 16.1 Å². The largest absolute Gasteiger partial charge is 0.389 e. The van der Waals surface area contributed by atoms with Crippen molar-refractivity contribution in [2.75, 3.05) is 33.9 Å². The number of nitrogens with zero attached hydrogens (tertiary/aromatic N) is 1. The number of ether oxygens (including phenoxy) is 1. The first-order valence-corrected chi connectivity index (χ1v) is 6.79. The van der Waals surface area contributed by atoms with E-state index in [4.69, 9.17) is 4.74 Å². The van der Waals surface area contributed by atoms with Gasteiger partial charge >= 0.3 is 0 Å². The number of aliphatic hydroxyl groups is 1. The molecule has 6 heteroatoms. The molecule has 0 aliphatic carbocycles. The number of carbonyl (C=O) groups excluding carboxylic acids is 1. The molecule has 118 valence electrons. The van der Waals surface area contributed by atoms with Crippen molar-refractivity contribution in [1.29, 1.82) is 0 Å². The van der Waals surface area contributed by atoms with Gasteiger partial charge in [-0.2, -0.15) is 0 Å².